The third kappa shape index (κ3) is 2.37. The van der Waals surface area contributed by atoms with Gasteiger partial charge in [-0.3, -0.25) is 9.69 Å². The predicted molar refractivity (Wildman–Crippen MR) is 96.4 cm³/mol. The van der Waals surface area contributed by atoms with Crippen LogP contribution >= 0.6 is 12.2 Å². The number of carbonyl (C=O) groups is 1. The quantitative estimate of drug-likeness (QED) is 0.532. The highest BCUT2D eigenvalue weighted by Gasteiger charge is 2.34. The Hall–Kier alpha value is -2.99. The molecule has 1 amide bonds. The minimum absolute atomic E-state index is 0.0779. The molecule has 0 bridgehead atoms. The molecule has 2 aromatic carbocycles. The van der Waals surface area contributed by atoms with Crippen molar-refractivity contribution in [3.8, 4) is 0 Å². The number of hydrogen-bond acceptors (Lipinski definition) is 4. The normalized spacial score (nSPS) is 14.7. The van der Waals surface area contributed by atoms with Gasteiger partial charge in [0.1, 0.15) is 12.1 Å². The first-order chi connectivity index (χ1) is 11.6. The van der Waals surface area contributed by atoms with Crippen molar-refractivity contribution in [1.29, 1.82) is 0 Å². The minimum Gasteiger partial charge on any atom is -0.423 e. The Labute approximate surface area is 142 Å². The molecule has 0 N–H and O–H groups in total. The van der Waals surface area contributed by atoms with Gasteiger partial charge in [0.2, 0.25) is 0 Å². The maximum absolute atomic E-state index is 12.4. The van der Waals surface area contributed by atoms with Gasteiger partial charge in [-0.15, -0.1) is 0 Å². The summed E-state index contributed by atoms with van der Waals surface area (Å²) in [7, 11) is 0. The number of thiocarbonyl (C=S) groups is 1. The summed E-state index contributed by atoms with van der Waals surface area (Å²) in [6, 6.07) is 17.7. The van der Waals surface area contributed by atoms with Gasteiger partial charge in [-0.1, -0.05) is 18.2 Å². The summed E-state index contributed by atoms with van der Waals surface area (Å²) in [6.07, 6.45) is 0. The van der Waals surface area contributed by atoms with Gasteiger partial charge in [0.15, 0.2) is 5.11 Å². The van der Waals surface area contributed by atoms with E-state index in [0.717, 1.165) is 16.8 Å². The number of nitrogens with zero attached hydrogens (tertiary/aromatic N) is 2. The lowest BCUT2D eigenvalue weighted by atomic mass is 10.2. The molecule has 2 heterocycles. The molecule has 0 saturated carbocycles. The lowest BCUT2D eigenvalue weighted by Gasteiger charge is -2.20. The van der Waals surface area contributed by atoms with Crippen LogP contribution in [-0.2, 0) is 4.79 Å². The maximum atomic E-state index is 12.4. The molecule has 118 valence electrons. The number of amides is 1. The zero-order chi connectivity index (χ0) is 16.7. The molecule has 6 heteroatoms. The fourth-order valence-corrected chi connectivity index (χ4v) is 3.14. The standard InChI is InChI=1S/C18H12N2O3S/c21-16-11-19(18(24)20(16)13-4-2-1-3-5-13)14-7-8-15-12(10-14)6-9-17(22)23-15/h1-10H,11H2. The SMILES string of the molecule is O=C1CN(c2ccc3oc(=O)ccc3c2)C(=S)N1c1ccccc1. The zero-order valence-corrected chi connectivity index (χ0v) is 13.3. The molecule has 0 aliphatic carbocycles. The fourth-order valence-electron chi connectivity index (χ4n) is 2.76. The number of hydrogen-bond donors (Lipinski definition) is 0. The molecule has 1 aliphatic rings. The second-order valence-electron chi connectivity index (χ2n) is 5.41. The molecule has 0 radical (unpaired) electrons. The summed E-state index contributed by atoms with van der Waals surface area (Å²) in [5, 5.41) is 1.21. The molecule has 5 nitrogen and oxygen atoms in total. The Balaban J connectivity index is 1.73. The number of benzene rings is 2. The molecule has 1 fully saturated rings. The van der Waals surface area contributed by atoms with Crippen molar-refractivity contribution < 1.29 is 9.21 Å². The van der Waals surface area contributed by atoms with Crippen molar-refractivity contribution in [3.05, 3.63) is 71.1 Å². The smallest absolute Gasteiger partial charge is 0.336 e. The van der Waals surface area contributed by atoms with Crippen LogP contribution in [0.5, 0.6) is 0 Å². The van der Waals surface area contributed by atoms with Crippen LogP contribution in [0.2, 0.25) is 0 Å². The maximum Gasteiger partial charge on any atom is 0.336 e. The summed E-state index contributed by atoms with van der Waals surface area (Å²) in [5.41, 5.74) is 1.65. The number of fused-ring (bicyclic) bond motifs is 1. The topological polar surface area (TPSA) is 53.8 Å². The first-order valence-electron chi connectivity index (χ1n) is 7.37. The van der Waals surface area contributed by atoms with Crippen molar-refractivity contribution >= 4 is 45.6 Å². The second kappa shape index (κ2) is 5.58. The van der Waals surface area contributed by atoms with E-state index < -0.39 is 5.63 Å². The predicted octanol–water partition coefficient (Wildman–Crippen LogP) is 2.93. The molecule has 0 atom stereocenters. The first-order valence-corrected chi connectivity index (χ1v) is 7.78. The van der Waals surface area contributed by atoms with E-state index in [1.54, 1.807) is 23.1 Å². The van der Waals surface area contributed by atoms with E-state index in [0.29, 0.717) is 10.7 Å². The van der Waals surface area contributed by atoms with Crippen molar-refractivity contribution in [1.82, 2.24) is 0 Å². The van der Waals surface area contributed by atoms with Gasteiger partial charge in [-0.05, 0) is 48.6 Å². The van der Waals surface area contributed by atoms with Crippen LogP contribution in [0.3, 0.4) is 0 Å². The van der Waals surface area contributed by atoms with Crippen molar-refractivity contribution in [2.45, 2.75) is 0 Å². The first kappa shape index (κ1) is 14.6. The summed E-state index contributed by atoms with van der Waals surface area (Å²) in [6.45, 7) is 0.177. The largest absolute Gasteiger partial charge is 0.423 e. The van der Waals surface area contributed by atoms with Crippen LogP contribution in [0.15, 0.2) is 69.9 Å². The van der Waals surface area contributed by atoms with Crippen LogP contribution in [0.4, 0.5) is 11.4 Å². The summed E-state index contributed by atoms with van der Waals surface area (Å²) >= 11 is 5.50. The molecule has 0 spiro atoms. The van der Waals surface area contributed by atoms with Gasteiger partial charge in [0.25, 0.3) is 5.91 Å². The number of rotatable bonds is 2. The van der Waals surface area contributed by atoms with E-state index >= 15 is 0 Å². The van der Waals surface area contributed by atoms with E-state index in [-0.39, 0.29) is 12.5 Å². The molecule has 24 heavy (non-hydrogen) atoms. The van der Waals surface area contributed by atoms with Gasteiger partial charge in [-0.2, -0.15) is 0 Å². The molecule has 4 rings (SSSR count). The fraction of sp³-hybridized carbons (Fsp3) is 0.0556. The van der Waals surface area contributed by atoms with E-state index in [1.165, 1.54) is 11.0 Å². The van der Waals surface area contributed by atoms with E-state index in [1.807, 2.05) is 36.4 Å². The highest BCUT2D eigenvalue weighted by atomic mass is 32.1. The molecule has 1 saturated heterocycles. The molecular weight excluding hydrogens is 324 g/mol. The van der Waals surface area contributed by atoms with Crippen molar-refractivity contribution in [3.63, 3.8) is 0 Å². The highest BCUT2D eigenvalue weighted by Crippen LogP contribution is 2.28. The van der Waals surface area contributed by atoms with Gasteiger partial charge in [0, 0.05) is 17.1 Å². The zero-order valence-electron chi connectivity index (χ0n) is 12.5. The monoisotopic (exact) mass is 336 g/mol. The lowest BCUT2D eigenvalue weighted by Crippen LogP contribution is -2.32. The number of anilines is 2. The Morgan fingerprint density at radius 2 is 1.71 bits per heavy atom. The summed E-state index contributed by atoms with van der Waals surface area (Å²) in [5.74, 6) is -0.0779. The van der Waals surface area contributed by atoms with Gasteiger partial charge < -0.3 is 9.32 Å². The van der Waals surface area contributed by atoms with Gasteiger partial charge >= 0.3 is 5.63 Å². The van der Waals surface area contributed by atoms with Crippen molar-refractivity contribution in [2.75, 3.05) is 16.3 Å². The summed E-state index contributed by atoms with van der Waals surface area (Å²) < 4.78 is 5.13. The number of para-hydroxylation sites is 1. The molecule has 3 aromatic rings. The Morgan fingerprint density at radius 3 is 2.50 bits per heavy atom. The van der Waals surface area contributed by atoms with E-state index in [9.17, 15) is 9.59 Å². The van der Waals surface area contributed by atoms with Crippen LogP contribution in [0.25, 0.3) is 11.0 Å². The molecule has 1 aromatic heterocycles. The van der Waals surface area contributed by atoms with Gasteiger partial charge in [-0.25, -0.2) is 4.79 Å². The van der Waals surface area contributed by atoms with Crippen LogP contribution in [0.1, 0.15) is 0 Å². The lowest BCUT2D eigenvalue weighted by molar-refractivity contribution is -0.115. The third-order valence-corrected chi connectivity index (χ3v) is 4.30. The van der Waals surface area contributed by atoms with Gasteiger partial charge in [0.05, 0.1) is 5.69 Å². The minimum atomic E-state index is -0.391. The average Bonchev–Trinajstić information content (AvgIpc) is 2.89. The van der Waals surface area contributed by atoms with Crippen LogP contribution in [-0.4, -0.2) is 17.6 Å². The molecular formula is C18H12N2O3S. The molecule has 1 aliphatic heterocycles. The Morgan fingerprint density at radius 1 is 0.917 bits per heavy atom. The van der Waals surface area contributed by atoms with E-state index in [4.69, 9.17) is 16.6 Å². The second-order valence-corrected chi connectivity index (χ2v) is 5.78. The third-order valence-electron chi connectivity index (χ3n) is 3.89. The summed E-state index contributed by atoms with van der Waals surface area (Å²) in [4.78, 5) is 27.0. The Kier molecular flexibility index (Phi) is 3.39. The van der Waals surface area contributed by atoms with Crippen molar-refractivity contribution in [2.24, 2.45) is 0 Å². The molecule has 0 unspecified atom stereocenters. The number of carbonyl (C=O) groups excluding carboxylic acids is 1. The van der Waals surface area contributed by atoms with Crippen LogP contribution < -0.4 is 15.4 Å². The van der Waals surface area contributed by atoms with Crippen LogP contribution in [0, 0.1) is 0 Å². The Bertz CT molecular complexity index is 1010. The van der Waals surface area contributed by atoms with E-state index in [2.05, 4.69) is 0 Å². The highest BCUT2D eigenvalue weighted by molar-refractivity contribution is 7.81. The average molecular weight is 336 g/mol.